The van der Waals surface area contributed by atoms with Gasteiger partial charge in [-0.1, -0.05) is 6.42 Å². The Kier molecular flexibility index (Phi) is 6.40. The zero-order valence-corrected chi connectivity index (χ0v) is 15.3. The number of nitrogens with two attached hydrogens (primary N) is 1. The lowest BCUT2D eigenvalue weighted by molar-refractivity contribution is -0.119. The van der Waals surface area contributed by atoms with Crippen LogP contribution in [0.25, 0.3) is 0 Å². The fourth-order valence-corrected chi connectivity index (χ4v) is 3.14. The van der Waals surface area contributed by atoms with Crippen LogP contribution in [0.2, 0.25) is 0 Å². The molecule has 0 unspecified atom stereocenters. The van der Waals surface area contributed by atoms with E-state index >= 15 is 0 Å². The predicted octanol–water partition coefficient (Wildman–Crippen LogP) is 1.23. The molecule has 27 heavy (non-hydrogen) atoms. The average Bonchev–Trinajstić information content (AvgIpc) is 2.90. The van der Waals surface area contributed by atoms with Crippen LogP contribution in [0.15, 0.2) is 24.3 Å². The molecule has 0 saturated heterocycles. The van der Waals surface area contributed by atoms with Crippen molar-refractivity contribution in [2.75, 3.05) is 13.2 Å². The van der Waals surface area contributed by atoms with Gasteiger partial charge in [0.05, 0.1) is 0 Å². The van der Waals surface area contributed by atoms with E-state index < -0.39 is 5.91 Å². The van der Waals surface area contributed by atoms with Gasteiger partial charge in [-0.2, -0.15) is 0 Å². The number of benzene rings is 1. The number of nitrogens with one attached hydrogen (secondary N) is 1. The van der Waals surface area contributed by atoms with Crippen molar-refractivity contribution in [1.29, 1.82) is 0 Å². The highest BCUT2D eigenvalue weighted by Crippen LogP contribution is 2.15. The smallest absolute Gasteiger partial charge is 0.255 e. The molecule has 1 aromatic heterocycles. The van der Waals surface area contributed by atoms with Gasteiger partial charge in [-0.15, -0.1) is 10.2 Å². The Morgan fingerprint density at radius 2 is 1.96 bits per heavy atom. The fraction of sp³-hybridized carbons (Fsp3) is 0.474. The van der Waals surface area contributed by atoms with Crippen molar-refractivity contribution < 1.29 is 14.3 Å². The van der Waals surface area contributed by atoms with Crippen LogP contribution in [0.5, 0.6) is 5.75 Å². The molecule has 1 aliphatic heterocycles. The summed E-state index contributed by atoms with van der Waals surface area (Å²) in [5.41, 5.74) is 5.57. The Hall–Kier alpha value is -2.90. The normalized spacial score (nSPS) is 13.5. The van der Waals surface area contributed by atoms with Crippen molar-refractivity contribution >= 4 is 11.8 Å². The number of hydrogen-bond acceptors (Lipinski definition) is 5. The number of nitrogens with zero attached hydrogens (tertiary/aromatic N) is 3. The van der Waals surface area contributed by atoms with Crippen LogP contribution in [-0.2, 0) is 24.2 Å². The van der Waals surface area contributed by atoms with Gasteiger partial charge in [-0.05, 0) is 43.5 Å². The summed E-state index contributed by atoms with van der Waals surface area (Å²) >= 11 is 0. The minimum Gasteiger partial charge on any atom is -0.484 e. The Morgan fingerprint density at radius 3 is 2.74 bits per heavy atom. The molecule has 0 saturated carbocycles. The molecule has 144 valence electrons. The molecule has 3 rings (SSSR count). The molecule has 0 spiro atoms. The van der Waals surface area contributed by atoms with Crippen molar-refractivity contribution in [3.05, 3.63) is 41.5 Å². The second-order valence-corrected chi connectivity index (χ2v) is 6.63. The number of primary amides is 1. The van der Waals surface area contributed by atoms with Crippen LogP contribution < -0.4 is 15.8 Å². The van der Waals surface area contributed by atoms with Crippen LogP contribution in [-0.4, -0.2) is 39.7 Å². The van der Waals surface area contributed by atoms with Crippen LogP contribution >= 0.6 is 0 Å². The van der Waals surface area contributed by atoms with Gasteiger partial charge in [0.2, 0.25) is 0 Å². The summed E-state index contributed by atoms with van der Waals surface area (Å²) in [5.74, 6) is 1.91. The first-order chi connectivity index (χ1) is 13.1. The summed E-state index contributed by atoms with van der Waals surface area (Å²) in [6, 6.07) is 6.60. The van der Waals surface area contributed by atoms with E-state index in [-0.39, 0.29) is 12.5 Å². The topological polar surface area (TPSA) is 112 Å². The molecule has 8 heteroatoms. The molecule has 2 aromatic rings. The molecule has 1 aliphatic rings. The molecular weight excluding hydrogens is 346 g/mol. The Bertz CT molecular complexity index is 785. The van der Waals surface area contributed by atoms with Crippen molar-refractivity contribution in [3.63, 3.8) is 0 Å². The van der Waals surface area contributed by atoms with E-state index in [9.17, 15) is 9.59 Å². The number of rotatable bonds is 8. The Balaban J connectivity index is 1.43. The quantitative estimate of drug-likeness (QED) is 0.678. The lowest BCUT2D eigenvalue weighted by atomic mass is 10.2. The second kappa shape index (κ2) is 9.16. The second-order valence-electron chi connectivity index (χ2n) is 6.63. The van der Waals surface area contributed by atoms with Crippen LogP contribution in [0, 0.1) is 0 Å². The average molecular weight is 371 g/mol. The summed E-state index contributed by atoms with van der Waals surface area (Å²) in [6.45, 7) is 1.38. The van der Waals surface area contributed by atoms with Crippen LogP contribution in [0.3, 0.4) is 0 Å². The zero-order chi connectivity index (χ0) is 19.1. The van der Waals surface area contributed by atoms with Gasteiger partial charge in [0.15, 0.2) is 6.61 Å². The van der Waals surface area contributed by atoms with E-state index in [1.807, 2.05) is 0 Å². The largest absolute Gasteiger partial charge is 0.484 e. The molecule has 0 aliphatic carbocycles. The molecule has 1 aromatic carbocycles. The summed E-state index contributed by atoms with van der Waals surface area (Å²) in [5, 5.41) is 11.5. The maximum atomic E-state index is 12.2. The number of ether oxygens (including phenoxy) is 1. The lowest BCUT2D eigenvalue weighted by Gasteiger charge is -2.08. The molecule has 3 N–H and O–H groups in total. The van der Waals surface area contributed by atoms with Gasteiger partial charge < -0.3 is 20.4 Å². The first kappa shape index (κ1) is 18.9. The third-order valence-corrected chi connectivity index (χ3v) is 4.55. The van der Waals surface area contributed by atoms with E-state index in [1.54, 1.807) is 24.3 Å². The SMILES string of the molecule is NC(=O)COc1ccc(C(=O)NCCCc2nnc3n2CCCCC3)cc1. The van der Waals surface area contributed by atoms with Crippen LogP contribution in [0.4, 0.5) is 0 Å². The van der Waals surface area contributed by atoms with Gasteiger partial charge in [0.1, 0.15) is 17.4 Å². The fourth-order valence-electron chi connectivity index (χ4n) is 3.14. The van der Waals surface area contributed by atoms with Gasteiger partial charge in [0.25, 0.3) is 11.8 Å². The number of amides is 2. The standard InChI is InChI=1S/C19H25N5O3/c20-16(25)13-27-15-9-7-14(8-10-15)19(26)21-11-4-6-18-23-22-17-5-2-1-3-12-24(17)18/h7-10H,1-6,11-13H2,(H2,20,25)(H,21,26). The number of aromatic nitrogens is 3. The van der Waals surface area contributed by atoms with Gasteiger partial charge in [-0.3, -0.25) is 9.59 Å². The molecule has 2 amide bonds. The first-order valence-corrected chi connectivity index (χ1v) is 9.34. The number of aryl methyl sites for hydroxylation is 2. The third kappa shape index (κ3) is 5.29. The number of carbonyl (C=O) groups excluding carboxylic acids is 2. The summed E-state index contributed by atoms with van der Waals surface area (Å²) in [6.07, 6.45) is 6.21. The van der Waals surface area contributed by atoms with E-state index in [0.717, 1.165) is 37.5 Å². The highest BCUT2D eigenvalue weighted by Gasteiger charge is 2.14. The Labute approximate surface area is 158 Å². The van der Waals surface area contributed by atoms with Gasteiger partial charge in [-0.25, -0.2) is 0 Å². The van der Waals surface area contributed by atoms with Gasteiger partial charge >= 0.3 is 0 Å². The van der Waals surface area contributed by atoms with Crippen molar-refractivity contribution in [1.82, 2.24) is 20.1 Å². The van der Waals surface area contributed by atoms with Crippen LogP contribution in [0.1, 0.15) is 47.7 Å². The monoisotopic (exact) mass is 371 g/mol. The number of carbonyl (C=O) groups is 2. The molecule has 0 atom stereocenters. The van der Waals surface area contributed by atoms with E-state index in [1.165, 1.54) is 19.3 Å². The van der Waals surface area contributed by atoms with E-state index in [2.05, 4.69) is 20.1 Å². The molecule has 0 radical (unpaired) electrons. The predicted molar refractivity (Wildman–Crippen MR) is 99.4 cm³/mol. The molecular formula is C19H25N5O3. The first-order valence-electron chi connectivity index (χ1n) is 9.34. The summed E-state index contributed by atoms with van der Waals surface area (Å²) < 4.78 is 7.41. The van der Waals surface area contributed by atoms with E-state index in [0.29, 0.717) is 17.9 Å². The molecule has 0 fully saturated rings. The number of fused-ring (bicyclic) bond motifs is 1. The van der Waals surface area contributed by atoms with Crippen molar-refractivity contribution in [2.45, 2.75) is 45.1 Å². The molecule has 8 nitrogen and oxygen atoms in total. The maximum Gasteiger partial charge on any atom is 0.255 e. The molecule has 0 bridgehead atoms. The Morgan fingerprint density at radius 1 is 1.15 bits per heavy atom. The lowest BCUT2D eigenvalue weighted by Crippen LogP contribution is -2.25. The minimum absolute atomic E-state index is 0.142. The highest BCUT2D eigenvalue weighted by molar-refractivity contribution is 5.94. The highest BCUT2D eigenvalue weighted by atomic mass is 16.5. The minimum atomic E-state index is -0.540. The van der Waals surface area contributed by atoms with Gasteiger partial charge in [0, 0.05) is 31.5 Å². The molecule has 2 heterocycles. The maximum absolute atomic E-state index is 12.2. The van der Waals surface area contributed by atoms with Crippen molar-refractivity contribution in [2.24, 2.45) is 5.73 Å². The summed E-state index contributed by atoms with van der Waals surface area (Å²) in [7, 11) is 0. The van der Waals surface area contributed by atoms with Crippen molar-refractivity contribution in [3.8, 4) is 5.75 Å². The third-order valence-electron chi connectivity index (χ3n) is 4.55. The van der Waals surface area contributed by atoms with E-state index in [4.69, 9.17) is 10.5 Å². The zero-order valence-electron chi connectivity index (χ0n) is 15.3. The number of hydrogen-bond donors (Lipinski definition) is 2. The summed E-state index contributed by atoms with van der Waals surface area (Å²) in [4.78, 5) is 22.9.